The van der Waals surface area contributed by atoms with Crippen molar-refractivity contribution in [3.63, 3.8) is 0 Å². The second kappa shape index (κ2) is 9.83. The molecule has 0 bridgehead atoms. The number of nitrogens with zero attached hydrogens (tertiary/aromatic N) is 1. The molecular weight excluding hydrogens is 342 g/mol. The van der Waals surface area contributed by atoms with Crippen molar-refractivity contribution in [1.82, 2.24) is 10.6 Å². The smallest absolute Gasteiger partial charge is 0.231 e. The SMILES string of the molecule is CCCCCNC(=NCC1(c2ccc3c(c2)OCO3)CCOCC1)NCC. The van der Waals surface area contributed by atoms with E-state index in [4.69, 9.17) is 19.2 Å². The summed E-state index contributed by atoms with van der Waals surface area (Å²) in [4.78, 5) is 4.94. The maximum absolute atomic E-state index is 5.65. The molecule has 2 aliphatic rings. The van der Waals surface area contributed by atoms with Crippen LogP contribution in [0.15, 0.2) is 23.2 Å². The van der Waals surface area contributed by atoms with Gasteiger partial charge in [-0.3, -0.25) is 4.99 Å². The van der Waals surface area contributed by atoms with Gasteiger partial charge in [0.25, 0.3) is 0 Å². The first-order chi connectivity index (χ1) is 13.3. The van der Waals surface area contributed by atoms with Crippen LogP contribution < -0.4 is 20.1 Å². The third-order valence-electron chi connectivity index (χ3n) is 5.39. The van der Waals surface area contributed by atoms with Gasteiger partial charge in [-0.1, -0.05) is 25.8 Å². The Morgan fingerprint density at radius 1 is 1.07 bits per heavy atom. The third-order valence-corrected chi connectivity index (χ3v) is 5.39. The predicted octanol–water partition coefficient (Wildman–Crippen LogP) is 3.21. The van der Waals surface area contributed by atoms with Crippen molar-refractivity contribution in [3.8, 4) is 11.5 Å². The number of fused-ring (bicyclic) bond motifs is 1. The van der Waals surface area contributed by atoms with E-state index in [1.165, 1.54) is 24.8 Å². The van der Waals surface area contributed by atoms with Gasteiger partial charge in [-0.05, 0) is 43.9 Å². The van der Waals surface area contributed by atoms with Crippen LogP contribution in [0.4, 0.5) is 0 Å². The zero-order valence-electron chi connectivity index (χ0n) is 16.7. The van der Waals surface area contributed by atoms with E-state index in [9.17, 15) is 0 Å². The van der Waals surface area contributed by atoms with Gasteiger partial charge in [0.05, 0.1) is 6.54 Å². The van der Waals surface area contributed by atoms with Gasteiger partial charge >= 0.3 is 0 Å². The van der Waals surface area contributed by atoms with Crippen LogP contribution in [0.25, 0.3) is 0 Å². The Balaban J connectivity index is 1.75. The molecule has 1 fully saturated rings. The molecule has 3 rings (SSSR count). The van der Waals surface area contributed by atoms with Crippen molar-refractivity contribution >= 4 is 5.96 Å². The fourth-order valence-electron chi connectivity index (χ4n) is 3.68. The zero-order valence-corrected chi connectivity index (χ0v) is 16.7. The lowest BCUT2D eigenvalue weighted by atomic mass is 9.74. The molecule has 0 aliphatic carbocycles. The van der Waals surface area contributed by atoms with Crippen molar-refractivity contribution in [2.45, 2.75) is 51.4 Å². The van der Waals surface area contributed by atoms with Crippen molar-refractivity contribution in [3.05, 3.63) is 23.8 Å². The van der Waals surface area contributed by atoms with Crippen molar-refractivity contribution < 1.29 is 14.2 Å². The van der Waals surface area contributed by atoms with E-state index in [1.807, 2.05) is 6.07 Å². The van der Waals surface area contributed by atoms with Crippen LogP contribution in [0, 0.1) is 0 Å². The minimum atomic E-state index is -0.0228. The number of hydrogen-bond acceptors (Lipinski definition) is 4. The summed E-state index contributed by atoms with van der Waals surface area (Å²) >= 11 is 0. The topological polar surface area (TPSA) is 64.1 Å². The molecule has 6 nitrogen and oxygen atoms in total. The van der Waals surface area contributed by atoms with Crippen LogP contribution in [-0.2, 0) is 10.2 Å². The van der Waals surface area contributed by atoms with E-state index in [0.29, 0.717) is 6.79 Å². The highest BCUT2D eigenvalue weighted by Crippen LogP contribution is 2.41. The summed E-state index contributed by atoms with van der Waals surface area (Å²) in [6.45, 7) is 8.72. The van der Waals surface area contributed by atoms with Gasteiger partial charge in [-0.25, -0.2) is 0 Å². The minimum Gasteiger partial charge on any atom is -0.454 e. The molecule has 0 atom stereocenters. The molecule has 0 spiro atoms. The number of ether oxygens (including phenoxy) is 3. The normalized spacial score (nSPS) is 18.4. The molecule has 0 amide bonds. The molecule has 2 heterocycles. The van der Waals surface area contributed by atoms with Gasteiger partial charge in [-0.2, -0.15) is 0 Å². The molecular formula is C21H33N3O3. The average molecular weight is 376 g/mol. The van der Waals surface area contributed by atoms with E-state index >= 15 is 0 Å². The number of benzene rings is 1. The van der Waals surface area contributed by atoms with Crippen molar-refractivity contribution in [2.24, 2.45) is 4.99 Å². The van der Waals surface area contributed by atoms with Gasteiger partial charge in [0, 0.05) is 31.7 Å². The Morgan fingerprint density at radius 3 is 2.67 bits per heavy atom. The van der Waals surface area contributed by atoms with E-state index < -0.39 is 0 Å². The monoisotopic (exact) mass is 375 g/mol. The molecule has 6 heteroatoms. The minimum absolute atomic E-state index is 0.0228. The Labute approximate surface area is 162 Å². The van der Waals surface area contributed by atoms with Gasteiger partial charge in [0.15, 0.2) is 17.5 Å². The summed E-state index contributed by atoms with van der Waals surface area (Å²) < 4.78 is 16.7. The highest BCUT2D eigenvalue weighted by Gasteiger charge is 2.35. The molecule has 0 radical (unpaired) electrons. The fraction of sp³-hybridized carbons (Fsp3) is 0.667. The van der Waals surface area contributed by atoms with Crippen molar-refractivity contribution in [1.29, 1.82) is 0 Å². The van der Waals surface area contributed by atoms with Gasteiger partial charge in [0.2, 0.25) is 6.79 Å². The maximum Gasteiger partial charge on any atom is 0.231 e. The Bertz CT molecular complexity index is 627. The lowest BCUT2D eigenvalue weighted by Crippen LogP contribution is -2.41. The van der Waals surface area contributed by atoms with Crippen LogP contribution in [0.3, 0.4) is 0 Å². The quantitative estimate of drug-likeness (QED) is 0.415. The predicted molar refractivity (Wildman–Crippen MR) is 108 cm³/mol. The number of nitrogens with one attached hydrogen (secondary N) is 2. The lowest BCUT2D eigenvalue weighted by Gasteiger charge is -2.36. The highest BCUT2D eigenvalue weighted by molar-refractivity contribution is 5.79. The van der Waals surface area contributed by atoms with Crippen LogP contribution in [0.5, 0.6) is 11.5 Å². The number of aliphatic imine (C=N–C) groups is 1. The molecule has 0 saturated carbocycles. The van der Waals surface area contributed by atoms with Crippen LogP contribution in [-0.4, -0.2) is 45.6 Å². The van der Waals surface area contributed by atoms with E-state index in [0.717, 1.165) is 63.1 Å². The van der Waals surface area contributed by atoms with Crippen LogP contribution >= 0.6 is 0 Å². The highest BCUT2D eigenvalue weighted by atomic mass is 16.7. The van der Waals surface area contributed by atoms with E-state index in [-0.39, 0.29) is 5.41 Å². The molecule has 0 unspecified atom stereocenters. The standard InChI is InChI=1S/C21H33N3O3/c1-3-5-6-11-23-20(22-4-2)24-15-21(9-12-25-13-10-21)17-7-8-18-19(14-17)27-16-26-18/h7-8,14H,3-6,9-13,15-16H2,1-2H3,(H2,22,23,24). The molecule has 1 saturated heterocycles. The number of guanidine groups is 1. The molecule has 27 heavy (non-hydrogen) atoms. The Kier molecular flexibility index (Phi) is 7.21. The molecule has 1 aromatic carbocycles. The molecule has 150 valence electrons. The number of hydrogen-bond donors (Lipinski definition) is 2. The molecule has 2 aliphatic heterocycles. The van der Waals surface area contributed by atoms with Crippen LogP contribution in [0.1, 0.15) is 51.5 Å². The lowest BCUT2D eigenvalue weighted by molar-refractivity contribution is 0.0530. The number of unbranched alkanes of at least 4 members (excludes halogenated alkanes) is 2. The van der Waals surface area contributed by atoms with Gasteiger partial charge in [0.1, 0.15) is 0 Å². The van der Waals surface area contributed by atoms with Crippen LogP contribution in [0.2, 0.25) is 0 Å². The number of rotatable bonds is 8. The molecule has 1 aromatic rings. The third kappa shape index (κ3) is 5.06. The Morgan fingerprint density at radius 2 is 1.89 bits per heavy atom. The summed E-state index contributed by atoms with van der Waals surface area (Å²) in [5.41, 5.74) is 1.24. The second-order valence-electron chi connectivity index (χ2n) is 7.29. The van der Waals surface area contributed by atoms with Gasteiger partial charge < -0.3 is 24.8 Å². The van der Waals surface area contributed by atoms with Gasteiger partial charge in [-0.15, -0.1) is 0 Å². The molecule has 0 aromatic heterocycles. The average Bonchev–Trinajstić information content (AvgIpc) is 3.18. The summed E-state index contributed by atoms with van der Waals surface area (Å²) in [6, 6.07) is 6.31. The molecule has 2 N–H and O–H groups in total. The van der Waals surface area contributed by atoms with E-state index in [1.54, 1.807) is 0 Å². The maximum atomic E-state index is 5.65. The largest absolute Gasteiger partial charge is 0.454 e. The summed E-state index contributed by atoms with van der Waals surface area (Å²) in [6.07, 6.45) is 5.56. The van der Waals surface area contributed by atoms with E-state index in [2.05, 4.69) is 36.6 Å². The van der Waals surface area contributed by atoms with Crippen molar-refractivity contribution in [2.75, 3.05) is 39.6 Å². The fourth-order valence-corrected chi connectivity index (χ4v) is 3.68. The first-order valence-corrected chi connectivity index (χ1v) is 10.3. The first kappa shape index (κ1) is 19.8. The summed E-state index contributed by atoms with van der Waals surface area (Å²) in [5.74, 6) is 2.57. The summed E-state index contributed by atoms with van der Waals surface area (Å²) in [7, 11) is 0. The summed E-state index contributed by atoms with van der Waals surface area (Å²) in [5, 5.41) is 6.84. The second-order valence-corrected chi connectivity index (χ2v) is 7.29. The Hall–Kier alpha value is -1.95. The zero-order chi connectivity index (χ0) is 19.0. The first-order valence-electron chi connectivity index (χ1n) is 10.3.